The maximum absolute atomic E-state index is 11.9. The minimum Gasteiger partial charge on any atom is -0.513 e. The van der Waals surface area contributed by atoms with Crippen molar-refractivity contribution in [2.75, 3.05) is 0 Å². The molecule has 0 aromatic heterocycles. The first-order valence-electron chi connectivity index (χ1n) is 7.65. The van der Waals surface area contributed by atoms with Gasteiger partial charge >= 0.3 is 16.5 Å². The first-order chi connectivity index (χ1) is 9.07. The molecule has 0 N–H and O–H groups in total. The predicted octanol–water partition coefficient (Wildman–Crippen LogP) is 4.73. The van der Waals surface area contributed by atoms with Crippen molar-refractivity contribution < 1.29 is 9.22 Å². The van der Waals surface area contributed by atoms with Crippen LogP contribution in [0.15, 0.2) is 12.2 Å². The van der Waals surface area contributed by atoms with E-state index in [-0.39, 0.29) is 11.4 Å². The molecule has 0 heterocycles. The molecular formula is C16H29O2Si. The third kappa shape index (κ3) is 5.94. The normalized spacial score (nSPS) is 11.4. The fraction of sp³-hybridized carbons (Fsp3) is 0.812. The zero-order chi connectivity index (χ0) is 14.7. The lowest BCUT2D eigenvalue weighted by molar-refractivity contribution is -0.131. The summed E-state index contributed by atoms with van der Waals surface area (Å²) in [5.41, 5.74) is 0.587. The summed E-state index contributed by atoms with van der Waals surface area (Å²) in [7, 11) is 2.85. The van der Waals surface area contributed by atoms with Gasteiger partial charge in [-0.3, -0.25) is 0 Å². The fourth-order valence-corrected chi connectivity index (χ4v) is 2.77. The Morgan fingerprint density at radius 2 is 1.37 bits per heavy atom. The van der Waals surface area contributed by atoms with Gasteiger partial charge in [0.25, 0.3) is 0 Å². The van der Waals surface area contributed by atoms with Crippen LogP contribution in [0.2, 0.25) is 0 Å². The lowest BCUT2D eigenvalue weighted by atomic mass is 9.69. The SMILES string of the molecule is C=C(C(=O)O[Si])C(CCCC)(CCCC)CCCC. The van der Waals surface area contributed by atoms with Gasteiger partial charge in [0.1, 0.15) is 0 Å². The number of carbonyl (C=O) groups excluding carboxylic acids is 1. The summed E-state index contributed by atoms with van der Waals surface area (Å²) in [5.74, 6) is -0.306. The number of hydrogen-bond donors (Lipinski definition) is 0. The Morgan fingerprint density at radius 3 is 1.63 bits per heavy atom. The largest absolute Gasteiger partial charge is 0.513 e. The topological polar surface area (TPSA) is 26.3 Å². The van der Waals surface area contributed by atoms with E-state index in [1.165, 1.54) is 0 Å². The standard InChI is InChI=1S/C16H29O2Si/c1-5-8-11-16(12-9-6-2,13-10-7-3)14(4)15(17)18-19/h4-13H2,1-3H3. The second-order valence-electron chi connectivity index (χ2n) is 5.46. The zero-order valence-electron chi connectivity index (χ0n) is 12.9. The number of unbranched alkanes of at least 4 members (excludes halogenated alkanes) is 3. The molecule has 0 fully saturated rings. The summed E-state index contributed by atoms with van der Waals surface area (Å²) in [6.07, 6.45) is 10.0. The molecule has 0 unspecified atom stereocenters. The van der Waals surface area contributed by atoms with Gasteiger partial charge in [0.2, 0.25) is 0 Å². The van der Waals surface area contributed by atoms with Crippen LogP contribution in [0, 0.1) is 5.41 Å². The molecular weight excluding hydrogens is 252 g/mol. The van der Waals surface area contributed by atoms with Crippen molar-refractivity contribution in [1.82, 2.24) is 0 Å². The molecule has 0 amide bonds. The van der Waals surface area contributed by atoms with E-state index in [1.54, 1.807) is 0 Å². The molecule has 2 nitrogen and oxygen atoms in total. The zero-order valence-corrected chi connectivity index (χ0v) is 13.9. The summed E-state index contributed by atoms with van der Waals surface area (Å²) < 4.78 is 4.73. The van der Waals surface area contributed by atoms with Crippen LogP contribution in [0.4, 0.5) is 0 Å². The average molecular weight is 281 g/mol. The van der Waals surface area contributed by atoms with E-state index in [0.29, 0.717) is 5.57 Å². The van der Waals surface area contributed by atoms with Crippen molar-refractivity contribution in [2.24, 2.45) is 5.41 Å². The third-order valence-electron chi connectivity index (χ3n) is 4.01. The average Bonchev–Trinajstić information content (AvgIpc) is 2.45. The van der Waals surface area contributed by atoms with E-state index in [1.807, 2.05) is 0 Å². The van der Waals surface area contributed by atoms with Crippen LogP contribution < -0.4 is 0 Å². The van der Waals surface area contributed by atoms with Crippen molar-refractivity contribution >= 4 is 16.5 Å². The lowest BCUT2D eigenvalue weighted by Crippen LogP contribution is -2.28. The van der Waals surface area contributed by atoms with Crippen LogP contribution in [0.1, 0.15) is 78.6 Å². The Bertz CT molecular complexity index is 252. The van der Waals surface area contributed by atoms with E-state index in [0.717, 1.165) is 57.8 Å². The second kappa shape index (κ2) is 10.2. The van der Waals surface area contributed by atoms with Crippen LogP contribution in [-0.2, 0) is 9.22 Å². The van der Waals surface area contributed by atoms with E-state index in [2.05, 4.69) is 37.8 Å². The highest BCUT2D eigenvalue weighted by Gasteiger charge is 2.35. The van der Waals surface area contributed by atoms with Gasteiger partial charge in [-0.05, 0) is 19.3 Å². The summed E-state index contributed by atoms with van der Waals surface area (Å²) in [6, 6.07) is 0. The van der Waals surface area contributed by atoms with Crippen LogP contribution >= 0.6 is 0 Å². The number of carbonyl (C=O) groups is 1. The van der Waals surface area contributed by atoms with Gasteiger partial charge in [-0.2, -0.15) is 0 Å². The first-order valence-corrected chi connectivity index (χ1v) is 8.06. The summed E-state index contributed by atoms with van der Waals surface area (Å²) in [5, 5.41) is 0. The maximum atomic E-state index is 11.9. The molecule has 0 aromatic rings. The predicted molar refractivity (Wildman–Crippen MR) is 82.0 cm³/mol. The van der Waals surface area contributed by atoms with Crippen molar-refractivity contribution in [3.8, 4) is 0 Å². The summed E-state index contributed by atoms with van der Waals surface area (Å²) >= 11 is 0. The lowest BCUT2D eigenvalue weighted by Gasteiger charge is -2.35. The molecule has 0 saturated carbocycles. The van der Waals surface area contributed by atoms with Gasteiger partial charge in [-0.25, -0.2) is 4.79 Å². The monoisotopic (exact) mass is 281 g/mol. The molecule has 3 radical (unpaired) electrons. The van der Waals surface area contributed by atoms with Gasteiger partial charge < -0.3 is 4.43 Å². The Hall–Kier alpha value is -0.573. The van der Waals surface area contributed by atoms with Crippen molar-refractivity contribution in [3.05, 3.63) is 12.2 Å². The van der Waals surface area contributed by atoms with E-state index < -0.39 is 0 Å². The maximum Gasteiger partial charge on any atom is 0.345 e. The Labute approximate surface area is 122 Å². The van der Waals surface area contributed by atoms with Crippen LogP contribution in [-0.4, -0.2) is 16.5 Å². The third-order valence-corrected chi connectivity index (χ3v) is 4.19. The number of rotatable bonds is 11. The highest BCUT2D eigenvalue weighted by atomic mass is 28.2. The van der Waals surface area contributed by atoms with E-state index in [9.17, 15) is 4.79 Å². The molecule has 0 aliphatic carbocycles. The first kappa shape index (κ1) is 18.4. The molecule has 0 aliphatic rings. The van der Waals surface area contributed by atoms with Gasteiger partial charge in [-0.1, -0.05) is 65.9 Å². The van der Waals surface area contributed by atoms with Gasteiger partial charge in [-0.15, -0.1) is 0 Å². The number of hydrogen-bond acceptors (Lipinski definition) is 2. The minimum absolute atomic E-state index is 0.0637. The van der Waals surface area contributed by atoms with Gasteiger partial charge in [0.05, 0.1) is 0 Å². The van der Waals surface area contributed by atoms with E-state index in [4.69, 9.17) is 4.43 Å². The molecule has 3 heteroatoms. The molecule has 0 atom stereocenters. The molecule has 0 rings (SSSR count). The van der Waals surface area contributed by atoms with Crippen LogP contribution in [0.25, 0.3) is 0 Å². The van der Waals surface area contributed by atoms with E-state index >= 15 is 0 Å². The molecule has 0 bridgehead atoms. The molecule has 19 heavy (non-hydrogen) atoms. The van der Waals surface area contributed by atoms with Gasteiger partial charge in [0, 0.05) is 11.0 Å². The van der Waals surface area contributed by atoms with Crippen LogP contribution in [0.5, 0.6) is 0 Å². The van der Waals surface area contributed by atoms with Crippen molar-refractivity contribution in [1.29, 1.82) is 0 Å². The molecule has 0 spiro atoms. The summed E-state index contributed by atoms with van der Waals surface area (Å²) in [6.45, 7) is 10.6. The molecule has 109 valence electrons. The highest BCUT2D eigenvalue weighted by molar-refractivity contribution is 6.09. The van der Waals surface area contributed by atoms with Gasteiger partial charge in [0.15, 0.2) is 0 Å². The highest BCUT2D eigenvalue weighted by Crippen LogP contribution is 2.43. The molecule has 0 aromatic carbocycles. The summed E-state index contributed by atoms with van der Waals surface area (Å²) in [4.78, 5) is 11.9. The minimum atomic E-state index is -0.306. The molecule has 0 aliphatic heterocycles. The second-order valence-corrected chi connectivity index (χ2v) is 5.66. The Morgan fingerprint density at radius 1 is 1.00 bits per heavy atom. The van der Waals surface area contributed by atoms with Crippen LogP contribution in [0.3, 0.4) is 0 Å². The fourth-order valence-electron chi connectivity index (χ4n) is 2.65. The van der Waals surface area contributed by atoms with Crippen molar-refractivity contribution in [2.45, 2.75) is 78.6 Å². The Balaban J connectivity index is 5.06. The quantitative estimate of drug-likeness (QED) is 0.404. The Kier molecular flexibility index (Phi) is 9.93. The van der Waals surface area contributed by atoms with Crippen molar-refractivity contribution in [3.63, 3.8) is 0 Å². The molecule has 0 saturated heterocycles. The smallest absolute Gasteiger partial charge is 0.345 e.